The van der Waals surface area contributed by atoms with E-state index in [2.05, 4.69) is 26.6 Å². The molecule has 0 atom stereocenters. The average molecular weight is 367 g/mol. The van der Waals surface area contributed by atoms with Crippen LogP contribution < -0.4 is 10.6 Å². The number of hydrogen-bond acceptors (Lipinski definition) is 3. The van der Waals surface area contributed by atoms with Crippen molar-refractivity contribution in [3.8, 4) is 0 Å². The highest BCUT2D eigenvalue weighted by molar-refractivity contribution is 9.11. The number of benzene rings is 1. The van der Waals surface area contributed by atoms with Gasteiger partial charge in [-0.05, 0) is 33.6 Å². The number of hydrogen-bond donors (Lipinski definition) is 2. The minimum atomic E-state index is -0.194. The van der Waals surface area contributed by atoms with E-state index in [1.165, 1.54) is 0 Å². The molecule has 0 aliphatic heterocycles. The molecule has 0 aliphatic carbocycles. The molecule has 0 saturated carbocycles. The van der Waals surface area contributed by atoms with E-state index in [1.54, 1.807) is 11.3 Å². The lowest BCUT2D eigenvalue weighted by molar-refractivity contribution is -0.125. The van der Waals surface area contributed by atoms with Gasteiger partial charge in [-0.2, -0.15) is 0 Å². The molecule has 0 radical (unpaired) electrons. The van der Waals surface area contributed by atoms with E-state index in [0.29, 0.717) is 6.54 Å². The van der Waals surface area contributed by atoms with Gasteiger partial charge in [0.25, 0.3) is 0 Å². The van der Waals surface area contributed by atoms with Crippen molar-refractivity contribution in [2.24, 2.45) is 0 Å². The molecule has 2 aromatic rings. The average Bonchev–Trinajstić information content (AvgIpc) is 2.90. The van der Waals surface area contributed by atoms with Crippen LogP contribution in [0.25, 0.3) is 0 Å². The summed E-state index contributed by atoms with van der Waals surface area (Å²) in [5.74, 6) is -0.351. The second-order valence-corrected chi connectivity index (χ2v) is 6.97. The first-order valence-electron chi connectivity index (χ1n) is 6.45. The second kappa shape index (κ2) is 7.95. The molecule has 21 heavy (non-hydrogen) atoms. The summed E-state index contributed by atoms with van der Waals surface area (Å²) in [6.07, 6.45) is 0.284. The molecular formula is C15H15BrN2O2S. The van der Waals surface area contributed by atoms with Gasteiger partial charge < -0.3 is 10.6 Å². The van der Waals surface area contributed by atoms with Gasteiger partial charge in [-0.1, -0.05) is 30.3 Å². The van der Waals surface area contributed by atoms with E-state index in [0.717, 1.165) is 14.2 Å². The van der Waals surface area contributed by atoms with Gasteiger partial charge >= 0.3 is 0 Å². The van der Waals surface area contributed by atoms with Crippen LogP contribution in [0.4, 0.5) is 0 Å². The summed E-state index contributed by atoms with van der Waals surface area (Å²) >= 11 is 4.94. The highest BCUT2D eigenvalue weighted by Crippen LogP contribution is 2.21. The van der Waals surface area contributed by atoms with Gasteiger partial charge in [-0.25, -0.2) is 0 Å². The summed E-state index contributed by atoms with van der Waals surface area (Å²) in [5, 5.41) is 5.38. The van der Waals surface area contributed by atoms with E-state index < -0.39 is 0 Å². The maximum absolute atomic E-state index is 11.7. The van der Waals surface area contributed by atoms with Gasteiger partial charge in [0.15, 0.2) is 0 Å². The van der Waals surface area contributed by atoms with Crippen molar-refractivity contribution in [3.05, 3.63) is 56.7 Å². The zero-order valence-corrected chi connectivity index (χ0v) is 13.7. The fourth-order valence-corrected chi connectivity index (χ4v) is 3.14. The number of nitrogens with one attached hydrogen (secondary N) is 2. The molecule has 2 rings (SSSR count). The minimum Gasteiger partial charge on any atom is -0.350 e. The van der Waals surface area contributed by atoms with Crippen molar-refractivity contribution in [2.45, 2.75) is 13.0 Å². The Morgan fingerprint density at radius 3 is 2.43 bits per heavy atom. The molecule has 0 unspecified atom stereocenters. The molecule has 1 aromatic carbocycles. The van der Waals surface area contributed by atoms with Crippen LogP contribution in [-0.2, 0) is 22.6 Å². The fraction of sp³-hybridized carbons (Fsp3) is 0.200. The molecule has 4 nitrogen and oxygen atoms in total. The van der Waals surface area contributed by atoms with Gasteiger partial charge in [0.1, 0.15) is 0 Å². The van der Waals surface area contributed by atoms with Crippen molar-refractivity contribution >= 4 is 39.1 Å². The number of carbonyl (C=O) groups is 2. The fourth-order valence-electron chi connectivity index (χ4n) is 1.72. The Kier molecular flexibility index (Phi) is 5.95. The largest absolute Gasteiger partial charge is 0.350 e. The Bertz CT molecular complexity index is 613. The SMILES string of the molecule is O=C(CNC(=O)Cc1ccccc1)NCc1ccc(Br)s1. The van der Waals surface area contributed by atoms with Crippen molar-refractivity contribution in [1.82, 2.24) is 10.6 Å². The molecule has 0 fully saturated rings. The summed E-state index contributed by atoms with van der Waals surface area (Å²) in [6.45, 7) is 0.474. The van der Waals surface area contributed by atoms with Gasteiger partial charge in [-0.15, -0.1) is 11.3 Å². The van der Waals surface area contributed by atoms with Crippen LogP contribution in [-0.4, -0.2) is 18.4 Å². The Morgan fingerprint density at radius 1 is 1.00 bits per heavy atom. The van der Waals surface area contributed by atoms with Crippen molar-refractivity contribution in [3.63, 3.8) is 0 Å². The van der Waals surface area contributed by atoms with E-state index in [1.807, 2.05) is 42.5 Å². The smallest absolute Gasteiger partial charge is 0.239 e. The van der Waals surface area contributed by atoms with Crippen molar-refractivity contribution < 1.29 is 9.59 Å². The van der Waals surface area contributed by atoms with Crippen LogP contribution >= 0.6 is 27.3 Å². The molecule has 0 aliphatic rings. The lowest BCUT2D eigenvalue weighted by atomic mass is 10.1. The highest BCUT2D eigenvalue weighted by Gasteiger charge is 2.06. The first-order chi connectivity index (χ1) is 10.1. The molecule has 0 saturated heterocycles. The Hall–Kier alpha value is -1.66. The number of rotatable bonds is 6. The number of thiophene rings is 1. The normalized spacial score (nSPS) is 10.1. The summed E-state index contributed by atoms with van der Waals surface area (Å²) in [4.78, 5) is 24.4. The van der Waals surface area contributed by atoms with Gasteiger partial charge in [0.2, 0.25) is 11.8 Å². The van der Waals surface area contributed by atoms with Crippen LogP contribution in [0.15, 0.2) is 46.3 Å². The van der Waals surface area contributed by atoms with Crippen molar-refractivity contribution in [2.75, 3.05) is 6.54 Å². The molecule has 2 amide bonds. The molecule has 1 heterocycles. The molecular weight excluding hydrogens is 352 g/mol. The lowest BCUT2D eigenvalue weighted by Crippen LogP contribution is -2.37. The molecule has 110 valence electrons. The third kappa shape index (κ3) is 5.69. The monoisotopic (exact) mass is 366 g/mol. The van der Waals surface area contributed by atoms with Crippen LogP contribution in [0.1, 0.15) is 10.4 Å². The van der Waals surface area contributed by atoms with Crippen LogP contribution in [0.5, 0.6) is 0 Å². The zero-order chi connectivity index (χ0) is 15.1. The van der Waals surface area contributed by atoms with Gasteiger partial charge in [-0.3, -0.25) is 9.59 Å². The Morgan fingerprint density at radius 2 is 1.76 bits per heavy atom. The molecule has 1 aromatic heterocycles. The van der Waals surface area contributed by atoms with E-state index >= 15 is 0 Å². The topological polar surface area (TPSA) is 58.2 Å². The summed E-state index contributed by atoms with van der Waals surface area (Å²) < 4.78 is 1.03. The third-order valence-corrected chi connectivity index (χ3v) is 4.37. The second-order valence-electron chi connectivity index (χ2n) is 4.42. The summed E-state index contributed by atoms with van der Waals surface area (Å²) in [6, 6.07) is 13.3. The molecule has 0 spiro atoms. The van der Waals surface area contributed by atoms with E-state index in [-0.39, 0.29) is 24.8 Å². The van der Waals surface area contributed by atoms with Gasteiger partial charge in [0, 0.05) is 4.88 Å². The predicted molar refractivity (Wildman–Crippen MR) is 87.0 cm³/mol. The summed E-state index contributed by atoms with van der Waals surface area (Å²) in [7, 11) is 0. The van der Waals surface area contributed by atoms with E-state index in [9.17, 15) is 9.59 Å². The number of carbonyl (C=O) groups excluding carboxylic acids is 2. The lowest BCUT2D eigenvalue weighted by Gasteiger charge is -2.06. The van der Waals surface area contributed by atoms with E-state index in [4.69, 9.17) is 0 Å². The maximum Gasteiger partial charge on any atom is 0.239 e. The summed E-state index contributed by atoms with van der Waals surface area (Å²) in [5.41, 5.74) is 0.929. The minimum absolute atomic E-state index is 0.00177. The molecule has 6 heteroatoms. The molecule has 0 bridgehead atoms. The predicted octanol–water partition coefficient (Wildman–Crippen LogP) is 2.49. The maximum atomic E-state index is 11.7. The Balaban J connectivity index is 1.67. The molecule has 2 N–H and O–H groups in total. The standard InChI is InChI=1S/C15H15BrN2O2S/c16-13-7-6-12(21-13)9-17-15(20)10-18-14(19)8-11-4-2-1-3-5-11/h1-7H,8-10H2,(H,17,20)(H,18,19). The van der Waals surface area contributed by atoms with Crippen LogP contribution in [0.3, 0.4) is 0 Å². The first kappa shape index (κ1) is 15.7. The van der Waals surface area contributed by atoms with Crippen LogP contribution in [0.2, 0.25) is 0 Å². The number of amides is 2. The third-order valence-electron chi connectivity index (χ3n) is 2.74. The highest BCUT2D eigenvalue weighted by atomic mass is 79.9. The zero-order valence-electron chi connectivity index (χ0n) is 11.3. The van der Waals surface area contributed by atoms with Gasteiger partial charge in [0.05, 0.1) is 23.3 Å². The van der Waals surface area contributed by atoms with Crippen LogP contribution in [0, 0.1) is 0 Å². The number of halogens is 1. The van der Waals surface area contributed by atoms with Crippen molar-refractivity contribution in [1.29, 1.82) is 0 Å². The quantitative estimate of drug-likeness (QED) is 0.824. The first-order valence-corrected chi connectivity index (χ1v) is 8.06. The Labute approximate surface area is 135 Å².